The lowest BCUT2D eigenvalue weighted by Crippen LogP contribution is -2.17. The Morgan fingerprint density at radius 1 is 1.15 bits per heavy atom. The van der Waals surface area contributed by atoms with Crippen LogP contribution >= 0.6 is 23.4 Å². The molecule has 0 amide bonds. The van der Waals surface area contributed by atoms with Gasteiger partial charge in [0.2, 0.25) is 17.8 Å². The highest BCUT2D eigenvalue weighted by Crippen LogP contribution is 2.43. The molecule has 9 heteroatoms. The minimum atomic E-state index is -0.583. The van der Waals surface area contributed by atoms with Gasteiger partial charge in [-0.3, -0.25) is 0 Å². The summed E-state index contributed by atoms with van der Waals surface area (Å²) in [6.07, 6.45) is 1.30. The number of hydrogen-bond acceptors (Lipinski definition) is 8. The third-order valence-corrected chi connectivity index (χ3v) is 5.16. The van der Waals surface area contributed by atoms with Gasteiger partial charge in [-0.25, -0.2) is 0 Å². The van der Waals surface area contributed by atoms with Crippen LogP contribution in [0.3, 0.4) is 0 Å². The molecule has 1 atom stereocenters. The number of para-hydroxylation sites is 1. The van der Waals surface area contributed by atoms with Crippen molar-refractivity contribution in [3.05, 3.63) is 47.0 Å². The lowest BCUT2D eigenvalue weighted by Gasteiger charge is -2.20. The number of fused-ring (bicyclic) bond motifs is 4. The second kappa shape index (κ2) is 6.47. The van der Waals surface area contributed by atoms with E-state index in [1.54, 1.807) is 6.07 Å². The quantitative estimate of drug-likeness (QED) is 0.643. The van der Waals surface area contributed by atoms with Gasteiger partial charge in [-0.2, -0.15) is 4.98 Å². The Kier molecular flexibility index (Phi) is 3.95. The zero-order valence-corrected chi connectivity index (χ0v) is 15.7. The van der Waals surface area contributed by atoms with Crippen molar-refractivity contribution in [3.8, 4) is 28.6 Å². The number of ether oxygens (including phenoxy) is 3. The maximum Gasteiger partial charge on any atom is 0.247 e. The number of nitrogens with one attached hydrogen (secondary N) is 1. The molecule has 1 N–H and O–H groups in total. The molecule has 7 nitrogen and oxygen atoms in total. The summed E-state index contributed by atoms with van der Waals surface area (Å²) in [5.41, 5.74) is 3.01. The van der Waals surface area contributed by atoms with E-state index in [4.69, 9.17) is 25.8 Å². The third kappa shape index (κ3) is 2.81. The van der Waals surface area contributed by atoms with Crippen molar-refractivity contribution in [2.45, 2.75) is 11.4 Å². The minimum Gasteiger partial charge on any atom is -0.454 e. The average molecular weight is 401 g/mol. The van der Waals surface area contributed by atoms with E-state index in [-0.39, 0.29) is 6.79 Å². The van der Waals surface area contributed by atoms with E-state index in [2.05, 4.69) is 20.5 Å². The summed E-state index contributed by atoms with van der Waals surface area (Å²) in [4.78, 5) is 4.50. The number of rotatable bonds is 2. The second-order valence-electron chi connectivity index (χ2n) is 5.87. The molecule has 0 radical (unpaired) electrons. The number of anilines is 1. The summed E-state index contributed by atoms with van der Waals surface area (Å²) in [6, 6.07) is 11.3. The first-order valence-electron chi connectivity index (χ1n) is 8.13. The molecule has 0 saturated heterocycles. The molecule has 0 saturated carbocycles. The third-order valence-electron chi connectivity index (χ3n) is 4.29. The van der Waals surface area contributed by atoms with Crippen LogP contribution in [0.1, 0.15) is 11.8 Å². The number of aromatic nitrogens is 3. The number of thioether (sulfide) groups is 1. The molecule has 0 bridgehead atoms. The number of hydrogen-bond donors (Lipinski definition) is 1. The highest BCUT2D eigenvalue weighted by atomic mass is 35.5. The molecule has 3 heterocycles. The predicted molar refractivity (Wildman–Crippen MR) is 102 cm³/mol. The molecule has 2 aliphatic rings. The van der Waals surface area contributed by atoms with Gasteiger partial charge in [-0.05, 0) is 18.4 Å². The van der Waals surface area contributed by atoms with Crippen molar-refractivity contribution in [1.29, 1.82) is 0 Å². The molecule has 2 aromatic carbocycles. The summed E-state index contributed by atoms with van der Waals surface area (Å²) in [6.45, 7) is 0.175. The van der Waals surface area contributed by atoms with Crippen molar-refractivity contribution < 1.29 is 14.2 Å². The maximum absolute atomic E-state index is 6.50. The van der Waals surface area contributed by atoms with Crippen LogP contribution in [0.5, 0.6) is 17.4 Å². The van der Waals surface area contributed by atoms with Gasteiger partial charge in [0, 0.05) is 22.9 Å². The van der Waals surface area contributed by atoms with Crippen molar-refractivity contribution in [2.75, 3.05) is 18.4 Å². The number of benzene rings is 2. The normalized spacial score (nSPS) is 16.6. The largest absolute Gasteiger partial charge is 0.454 e. The van der Waals surface area contributed by atoms with E-state index >= 15 is 0 Å². The van der Waals surface area contributed by atoms with Crippen molar-refractivity contribution in [3.63, 3.8) is 0 Å². The van der Waals surface area contributed by atoms with Crippen molar-refractivity contribution in [2.24, 2.45) is 0 Å². The van der Waals surface area contributed by atoms with Crippen LogP contribution in [0, 0.1) is 0 Å². The van der Waals surface area contributed by atoms with E-state index in [9.17, 15) is 0 Å². The van der Waals surface area contributed by atoms with Crippen LogP contribution in [0.25, 0.3) is 11.3 Å². The predicted octanol–water partition coefficient (Wildman–Crippen LogP) is 4.15. The summed E-state index contributed by atoms with van der Waals surface area (Å²) < 4.78 is 17.1. The molecule has 136 valence electrons. The fraction of sp³-hybridized carbons (Fsp3) is 0.167. The van der Waals surface area contributed by atoms with E-state index in [1.807, 2.05) is 36.6 Å². The lowest BCUT2D eigenvalue weighted by molar-refractivity contribution is 0.173. The van der Waals surface area contributed by atoms with Crippen LogP contribution < -0.4 is 19.5 Å². The van der Waals surface area contributed by atoms with Crippen molar-refractivity contribution >= 4 is 29.1 Å². The van der Waals surface area contributed by atoms with E-state index in [1.165, 1.54) is 11.8 Å². The lowest BCUT2D eigenvalue weighted by atomic mass is 10.1. The molecule has 5 rings (SSSR count). The molecule has 3 aromatic rings. The summed E-state index contributed by atoms with van der Waals surface area (Å²) >= 11 is 7.90. The van der Waals surface area contributed by atoms with E-state index < -0.39 is 6.23 Å². The first-order chi connectivity index (χ1) is 13.2. The molecular formula is C18H13ClN4O3S. The first-order valence-corrected chi connectivity index (χ1v) is 9.73. The zero-order chi connectivity index (χ0) is 18.4. The van der Waals surface area contributed by atoms with Crippen LogP contribution in [-0.2, 0) is 0 Å². The van der Waals surface area contributed by atoms with Crippen LogP contribution in [0.15, 0.2) is 41.6 Å². The first kappa shape index (κ1) is 16.5. The standard InChI is InChI=1S/C18H13ClN4O3S/c1-27-18-21-17-15(22-23-18)9-4-2-3-5-12(9)20-16(26-17)10-6-13-14(7-11(10)19)25-8-24-13/h2-7,16,20H,8H2,1H3/t16-/m0/s1. The van der Waals surface area contributed by atoms with E-state index in [0.717, 1.165) is 11.3 Å². The molecule has 0 aliphatic carbocycles. The maximum atomic E-state index is 6.50. The van der Waals surface area contributed by atoms with E-state index in [0.29, 0.717) is 38.8 Å². The fourth-order valence-electron chi connectivity index (χ4n) is 3.01. The molecule has 0 unspecified atom stereocenters. The minimum absolute atomic E-state index is 0.175. The summed E-state index contributed by atoms with van der Waals surface area (Å²) in [5.74, 6) is 1.64. The topological polar surface area (TPSA) is 78.4 Å². The number of nitrogens with zero attached hydrogens (tertiary/aromatic N) is 3. The SMILES string of the molecule is CSc1nnc2c(n1)O[C@@H](c1cc3c(cc1Cl)OCO3)Nc1ccccc1-2. The Bertz CT molecular complexity index is 1050. The summed E-state index contributed by atoms with van der Waals surface area (Å²) in [5, 5.41) is 12.9. The Balaban J connectivity index is 1.66. The Morgan fingerprint density at radius 2 is 1.96 bits per heavy atom. The van der Waals surface area contributed by atoms with Gasteiger partial charge in [0.1, 0.15) is 0 Å². The van der Waals surface area contributed by atoms with Gasteiger partial charge in [-0.15, -0.1) is 10.2 Å². The van der Waals surface area contributed by atoms with Gasteiger partial charge in [0.05, 0.1) is 5.02 Å². The molecule has 27 heavy (non-hydrogen) atoms. The molecule has 1 aromatic heterocycles. The number of halogens is 1. The van der Waals surface area contributed by atoms with Gasteiger partial charge < -0.3 is 19.5 Å². The molecule has 0 fully saturated rings. The average Bonchev–Trinajstić information content (AvgIpc) is 3.07. The van der Waals surface area contributed by atoms with Gasteiger partial charge in [0.15, 0.2) is 23.4 Å². The Morgan fingerprint density at radius 3 is 2.81 bits per heavy atom. The van der Waals surface area contributed by atoms with Crippen LogP contribution in [0.4, 0.5) is 5.69 Å². The zero-order valence-electron chi connectivity index (χ0n) is 14.1. The highest BCUT2D eigenvalue weighted by molar-refractivity contribution is 7.98. The van der Waals surface area contributed by atoms with Crippen molar-refractivity contribution in [1.82, 2.24) is 15.2 Å². The Hall–Kier alpha value is -2.71. The van der Waals surface area contributed by atoms with Gasteiger partial charge in [-0.1, -0.05) is 41.6 Å². The van der Waals surface area contributed by atoms with Gasteiger partial charge in [0.25, 0.3) is 0 Å². The van der Waals surface area contributed by atoms with Crippen LogP contribution in [-0.4, -0.2) is 28.2 Å². The molecule has 0 spiro atoms. The fourth-order valence-corrected chi connectivity index (χ4v) is 3.56. The monoisotopic (exact) mass is 400 g/mol. The van der Waals surface area contributed by atoms with Crippen LogP contribution in [0.2, 0.25) is 5.02 Å². The molecular weight excluding hydrogens is 388 g/mol. The summed E-state index contributed by atoms with van der Waals surface area (Å²) in [7, 11) is 0. The molecule has 2 aliphatic heterocycles. The second-order valence-corrected chi connectivity index (χ2v) is 7.05. The Labute approximate surface area is 164 Å². The highest BCUT2D eigenvalue weighted by Gasteiger charge is 2.29. The van der Waals surface area contributed by atoms with Gasteiger partial charge >= 0.3 is 0 Å². The smallest absolute Gasteiger partial charge is 0.247 e.